The summed E-state index contributed by atoms with van der Waals surface area (Å²) in [5.74, 6) is -1.63. The van der Waals surface area contributed by atoms with Gasteiger partial charge in [-0.1, -0.05) is 6.42 Å². The topological polar surface area (TPSA) is 95.1 Å². The number of nitrogens with one attached hydrogen (secondary N) is 2. The first-order chi connectivity index (χ1) is 8.08. The van der Waals surface area contributed by atoms with Gasteiger partial charge in [-0.3, -0.25) is 14.7 Å². The molecule has 1 amide bonds. The largest absolute Gasteiger partial charge is 0.481 e. The summed E-state index contributed by atoms with van der Waals surface area (Å²) in [6.07, 6.45) is 2.17. The fourth-order valence-corrected chi connectivity index (χ4v) is 2.21. The number of aliphatic carboxylic acids is 1. The van der Waals surface area contributed by atoms with Crippen LogP contribution in [-0.4, -0.2) is 33.2 Å². The molecule has 1 saturated carbocycles. The first-order valence-electron chi connectivity index (χ1n) is 5.63. The minimum atomic E-state index is -0.842. The predicted molar refractivity (Wildman–Crippen MR) is 59.6 cm³/mol. The molecule has 0 saturated heterocycles. The number of carboxylic acid groups (broad SMARTS) is 1. The van der Waals surface area contributed by atoms with E-state index in [9.17, 15) is 9.59 Å². The average Bonchev–Trinajstić information content (AvgIpc) is 2.86. The zero-order valence-electron chi connectivity index (χ0n) is 9.56. The van der Waals surface area contributed by atoms with Crippen molar-refractivity contribution < 1.29 is 14.7 Å². The normalized spacial score (nSPS) is 23.6. The van der Waals surface area contributed by atoms with Crippen LogP contribution in [0.15, 0.2) is 6.07 Å². The molecular formula is C11H15N3O3. The van der Waals surface area contributed by atoms with Gasteiger partial charge in [-0.2, -0.15) is 5.10 Å². The van der Waals surface area contributed by atoms with Crippen molar-refractivity contribution in [3.63, 3.8) is 0 Å². The van der Waals surface area contributed by atoms with Crippen LogP contribution in [0.25, 0.3) is 0 Å². The monoisotopic (exact) mass is 237 g/mol. The molecule has 1 aromatic rings. The number of aryl methyl sites for hydroxylation is 1. The summed E-state index contributed by atoms with van der Waals surface area (Å²) in [4.78, 5) is 22.8. The summed E-state index contributed by atoms with van der Waals surface area (Å²) in [7, 11) is 0. The molecule has 2 rings (SSSR count). The Kier molecular flexibility index (Phi) is 3.12. The third-order valence-corrected chi connectivity index (χ3v) is 3.09. The molecular weight excluding hydrogens is 222 g/mol. The summed E-state index contributed by atoms with van der Waals surface area (Å²) in [5, 5.41) is 18.3. The zero-order valence-corrected chi connectivity index (χ0v) is 9.56. The van der Waals surface area contributed by atoms with E-state index in [1.807, 2.05) is 0 Å². The van der Waals surface area contributed by atoms with Gasteiger partial charge in [0.05, 0.1) is 5.92 Å². The molecule has 2 unspecified atom stereocenters. The lowest BCUT2D eigenvalue weighted by Gasteiger charge is -2.16. The molecule has 0 radical (unpaired) electrons. The maximum absolute atomic E-state index is 11.8. The van der Waals surface area contributed by atoms with Crippen molar-refractivity contribution in [1.82, 2.24) is 15.5 Å². The van der Waals surface area contributed by atoms with Crippen LogP contribution < -0.4 is 5.32 Å². The number of amides is 1. The van der Waals surface area contributed by atoms with Gasteiger partial charge in [0.1, 0.15) is 5.69 Å². The second-order valence-corrected chi connectivity index (χ2v) is 4.39. The summed E-state index contributed by atoms with van der Waals surface area (Å²) in [6, 6.07) is 1.36. The molecule has 6 nitrogen and oxygen atoms in total. The Morgan fingerprint density at radius 3 is 2.88 bits per heavy atom. The number of H-pyrrole nitrogens is 1. The number of aromatic amines is 1. The van der Waals surface area contributed by atoms with E-state index < -0.39 is 11.9 Å². The smallest absolute Gasteiger partial charge is 0.308 e. The Balaban J connectivity index is 2.01. The molecule has 0 spiro atoms. The highest BCUT2D eigenvalue weighted by molar-refractivity contribution is 5.92. The van der Waals surface area contributed by atoms with Crippen molar-refractivity contribution in [1.29, 1.82) is 0 Å². The number of hydrogen-bond acceptors (Lipinski definition) is 3. The molecule has 17 heavy (non-hydrogen) atoms. The Bertz CT molecular complexity index is 441. The Hall–Kier alpha value is -1.85. The van der Waals surface area contributed by atoms with Crippen molar-refractivity contribution in [2.75, 3.05) is 0 Å². The van der Waals surface area contributed by atoms with Crippen molar-refractivity contribution in [2.45, 2.75) is 32.2 Å². The van der Waals surface area contributed by atoms with Gasteiger partial charge < -0.3 is 10.4 Å². The van der Waals surface area contributed by atoms with Gasteiger partial charge in [0.15, 0.2) is 0 Å². The first-order valence-corrected chi connectivity index (χ1v) is 5.63. The maximum atomic E-state index is 11.8. The van der Waals surface area contributed by atoms with Gasteiger partial charge in [-0.05, 0) is 25.8 Å². The minimum Gasteiger partial charge on any atom is -0.481 e. The molecule has 1 fully saturated rings. The quantitative estimate of drug-likeness (QED) is 0.721. The fourth-order valence-electron chi connectivity index (χ4n) is 2.21. The van der Waals surface area contributed by atoms with Crippen molar-refractivity contribution in [2.24, 2.45) is 5.92 Å². The van der Waals surface area contributed by atoms with E-state index in [2.05, 4.69) is 15.5 Å². The van der Waals surface area contributed by atoms with Crippen molar-refractivity contribution >= 4 is 11.9 Å². The van der Waals surface area contributed by atoms with Crippen LogP contribution in [0.5, 0.6) is 0 Å². The predicted octanol–water partition coefficient (Wildman–Crippen LogP) is 0.701. The number of aromatic nitrogens is 2. The van der Waals surface area contributed by atoms with Gasteiger partial charge in [-0.15, -0.1) is 0 Å². The molecule has 0 aromatic carbocycles. The number of nitrogens with zero attached hydrogens (tertiary/aromatic N) is 1. The van der Waals surface area contributed by atoms with E-state index in [1.165, 1.54) is 0 Å². The maximum Gasteiger partial charge on any atom is 0.308 e. The number of carboxylic acids is 1. The second-order valence-electron chi connectivity index (χ2n) is 4.39. The molecule has 0 aliphatic heterocycles. The van der Waals surface area contributed by atoms with Crippen molar-refractivity contribution in [3.05, 3.63) is 17.5 Å². The summed E-state index contributed by atoms with van der Waals surface area (Å²) < 4.78 is 0. The molecule has 0 bridgehead atoms. The highest BCUT2D eigenvalue weighted by Gasteiger charge is 2.34. The summed E-state index contributed by atoms with van der Waals surface area (Å²) in [5.41, 5.74) is 1.11. The van der Waals surface area contributed by atoms with Gasteiger partial charge >= 0.3 is 5.97 Å². The van der Waals surface area contributed by atoms with Gasteiger partial charge in [0, 0.05) is 11.7 Å². The highest BCUT2D eigenvalue weighted by atomic mass is 16.4. The SMILES string of the molecule is Cc1cc(C(=O)NC2CCCC2C(=O)O)n[nH]1. The molecule has 1 heterocycles. The fraction of sp³-hybridized carbons (Fsp3) is 0.545. The van der Waals surface area contributed by atoms with E-state index in [-0.39, 0.29) is 11.9 Å². The lowest BCUT2D eigenvalue weighted by atomic mass is 10.0. The third-order valence-electron chi connectivity index (χ3n) is 3.09. The molecule has 1 aliphatic carbocycles. The molecule has 2 atom stereocenters. The van der Waals surface area contributed by atoms with Crippen LogP contribution in [0, 0.1) is 12.8 Å². The lowest BCUT2D eigenvalue weighted by Crippen LogP contribution is -2.40. The summed E-state index contributed by atoms with van der Waals surface area (Å²) in [6.45, 7) is 1.80. The zero-order chi connectivity index (χ0) is 12.4. The summed E-state index contributed by atoms with van der Waals surface area (Å²) >= 11 is 0. The van der Waals surface area contributed by atoms with Crippen LogP contribution in [0.4, 0.5) is 0 Å². The van der Waals surface area contributed by atoms with Crippen LogP contribution in [0.2, 0.25) is 0 Å². The standard InChI is InChI=1S/C11H15N3O3/c1-6-5-9(14-13-6)10(15)12-8-4-2-3-7(8)11(16)17/h5,7-8H,2-4H2,1H3,(H,12,15)(H,13,14)(H,16,17). The molecule has 3 N–H and O–H groups in total. The molecule has 92 valence electrons. The van der Waals surface area contributed by atoms with E-state index in [1.54, 1.807) is 13.0 Å². The number of hydrogen-bond donors (Lipinski definition) is 3. The number of carbonyl (C=O) groups excluding carboxylic acids is 1. The van der Waals surface area contributed by atoms with Crippen LogP contribution in [0.1, 0.15) is 35.4 Å². The van der Waals surface area contributed by atoms with Crippen LogP contribution in [0.3, 0.4) is 0 Å². The highest BCUT2D eigenvalue weighted by Crippen LogP contribution is 2.25. The third kappa shape index (κ3) is 2.46. The van der Waals surface area contributed by atoms with Gasteiger partial charge in [-0.25, -0.2) is 0 Å². The molecule has 1 aromatic heterocycles. The minimum absolute atomic E-state index is 0.281. The van der Waals surface area contributed by atoms with E-state index >= 15 is 0 Å². The Morgan fingerprint density at radius 1 is 1.53 bits per heavy atom. The van der Waals surface area contributed by atoms with Crippen molar-refractivity contribution in [3.8, 4) is 0 Å². The van der Waals surface area contributed by atoms with E-state index in [0.717, 1.165) is 12.1 Å². The first kappa shape index (κ1) is 11.6. The molecule has 1 aliphatic rings. The average molecular weight is 237 g/mol. The van der Waals surface area contributed by atoms with E-state index in [4.69, 9.17) is 5.11 Å². The second kappa shape index (κ2) is 4.57. The van der Waals surface area contributed by atoms with Crippen LogP contribution >= 0.6 is 0 Å². The number of rotatable bonds is 3. The number of carbonyl (C=O) groups is 2. The molecule has 6 heteroatoms. The Morgan fingerprint density at radius 2 is 2.29 bits per heavy atom. The van der Waals surface area contributed by atoms with Crippen LogP contribution in [-0.2, 0) is 4.79 Å². The Labute approximate surface area is 98.4 Å². The van der Waals surface area contributed by atoms with E-state index in [0.29, 0.717) is 18.5 Å². The van der Waals surface area contributed by atoms with Gasteiger partial charge in [0.2, 0.25) is 0 Å². The lowest BCUT2D eigenvalue weighted by molar-refractivity contribution is -0.142. The van der Waals surface area contributed by atoms with Gasteiger partial charge in [0.25, 0.3) is 5.91 Å².